The SMILES string of the molecule is CC(C)C(C)OC(=O)c1cccc(Cl)c1[N+](=O)[O-]. The number of benzene rings is 1. The maximum Gasteiger partial charge on any atom is 0.345 e. The number of rotatable bonds is 4. The van der Waals surface area contributed by atoms with Crippen LogP contribution in [0.25, 0.3) is 0 Å². The Morgan fingerprint density at radius 2 is 2.00 bits per heavy atom. The summed E-state index contributed by atoms with van der Waals surface area (Å²) in [6, 6.07) is 4.17. The van der Waals surface area contributed by atoms with Crippen LogP contribution in [0.4, 0.5) is 5.69 Å². The molecule has 1 aromatic rings. The molecule has 1 unspecified atom stereocenters. The highest BCUT2D eigenvalue weighted by Crippen LogP contribution is 2.29. The summed E-state index contributed by atoms with van der Waals surface area (Å²) in [7, 11) is 0. The van der Waals surface area contributed by atoms with E-state index in [-0.39, 0.29) is 22.6 Å². The van der Waals surface area contributed by atoms with E-state index in [9.17, 15) is 14.9 Å². The summed E-state index contributed by atoms with van der Waals surface area (Å²) in [6.45, 7) is 5.52. The van der Waals surface area contributed by atoms with Gasteiger partial charge in [0.2, 0.25) is 0 Å². The molecule has 0 saturated carbocycles. The predicted octanol–water partition coefficient (Wildman–Crippen LogP) is 3.45. The summed E-state index contributed by atoms with van der Waals surface area (Å²) in [5.74, 6) is -0.599. The molecular weight excluding hydrogens is 258 g/mol. The number of nitro groups is 1. The minimum absolute atomic E-state index is 0.0772. The molecule has 6 heteroatoms. The highest BCUT2D eigenvalue weighted by molar-refractivity contribution is 6.33. The summed E-state index contributed by atoms with van der Waals surface area (Å²) >= 11 is 5.72. The minimum Gasteiger partial charge on any atom is -0.459 e. The molecule has 1 aromatic carbocycles. The van der Waals surface area contributed by atoms with Crippen LogP contribution in [0.1, 0.15) is 31.1 Å². The molecule has 0 fully saturated rings. The third-order valence-electron chi connectivity index (χ3n) is 2.62. The van der Waals surface area contributed by atoms with Crippen LogP contribution in [0.2, 0.25) is 5.02 Å². The summed E-state index contributed by atoms with van der Waals surface area (Å²) < 4.78 is 5.14. The predicted molar refractivity (Wildman–Crippen MR) is 67.8 cm³/mol. The van der Waals surface area contributed by atoms with Gasteiger partial charge in [-0.05, 0) is 25.0 Å². The second-order valence-electron chi connectivity index (χ2n) is 4.25. The van der Waals surface area contributed by atoms with E-state index in [1.165, 1.54) is 18.2 Å². The lowest BCUT2D eigenvalue weighted by Crippen LogP contribution is -2.20. The van der Waals surface area contributed by atoms with Gasteiger partial charge in [-0.25, -0.2) is 4.79 Å². The first-order valence-electron chi connectivity index (χ1n) is 5.48. The van der Waals surface area contributed by atoms with Crippen molar-refractivity contribution in [2.75, 3.05) is 0 Å². The zero-order valence-corrected chi connectivity index (χ0v) is 11.1. The lowest BCUT2D eigenvalue weighted by molar-refractivity contribution is -0.385. The number of carbonyl (C=O) groups is 1. The smallest absolute Gasteiger partial charge is 0.345 e. The van der Waals surface area contributed by atoms with E-state index in [4.69, 9.17) is 16.3 Å². The summed E-state index contributed by atoms with van der Waals surface area (Å²) in [6.07, 6.45) is -0.323. The third kappa shape index (κ3) is 3.20. The molecule has 1 rings (SSSR count). The molecule has 1 atom stereocenters. The molecule has 0 heterocycles. The Kier molecular flexibility index (Phi) is 4.67. The number of nitrogens with zero attached hydrogens (tertiary/aromatic N) is 1. The zero-order valence-electron chi connectivity index (χ0n) is 10.3. The Morgan fingerprint density at radius 1 is 1.39 bits per heavy atom. The highest BCUT2D eigenvalue weighted by atomic mass is 35.5. The van der Waals surface area contributed by atoms with Crippen molar-refractivity contribution in [3.05, 3.63) is 38.9 Å². The van der Waals surface area contributed by atoms with Gasteiger partial charge in [0.1, 0.15) is 16.7 Å². The van der Waals surface area contributed by atoms with E-state index < -0.39 is 16.6 Å². The molecule has 98 valence electrons. The lowest BCUT2D eigenvalue weighted by atomic mass is 10.1. The van der Waals surface area contributed by atoms with Crippen LogP contribution in [0.15, 0.2) is 18.2 Å². The van der Waals surface area contributed by atoms with Gasteiger partial charge in [-0.15, -0.1) is 0 Å². The van der Waals surface area contributed by atoms with E-state index >= 15 is 0 Å². The second-order valence-corrected chi connectivity index (χ2v) is 4.65. The fourth-order valence-corrected chi connectivity index (χ4v) is 1.48. The van der Waals surface area contributed by atoms with Gasteiger partial charge in [0.05, 0.1) is 4.92 Å². The van der Waals surface area contributed by atoms with Crippen molar-refractivity contribution < 1.29 is 14.5 Å². The number of hydrogen-bond acceptors (Lipinski definition) is 4. The topological polar surface area (TPSA) is 69.4 Å². The van der Waals surface area contributed by atoms with Gasteiger partial charge in [0, 0.05) is 0 Å². The molecule has 0 bridgehead atoms. The molecule has 0 aromatic heterocycles. The van der Waals surface area contributed by atoms with Gasteiger partial charge in [-0.2, -0.15) is 0 Å². The first-order valence-corrected chi connectivity index (χ1v) is 5.86. The number of hydrogen-bond donors (Lipinski definition) is 0. The monoisotopic (exact) mass is 271 g/mol. The second kappa shape index (κ2) is 5.82. The van der Waals surface area contributed by atoms with E-state index in [0.717, 1.165) is 0 Å². The number of esters is 1. The minimum atomic E-state index is -0.731. The average molecular weight is 272 g/mol. The molecule has 0 spiro atoms. The fraction of sp³-hybridized carbons (Fsp3) is 0.417. The van der Waals surface area contributed by atoms with Crippen molar-refractivity contribution in [3.8, 4) is 0 Å². The first-order chi connectivity index (χ1) is 8.34. The Bertz CT molecular complexity index is 473. The first kappa shape index (κ1) is 14.4. The summed E-state index contributed by atoms with van der Waals surface area (Å²) in [4.78, 5) is 22.1. The largest absolute Gasteiger partial charge is 0.459 e. The Labute approximate surface area is 110 Å². The molecule has 0 radical (unpaired) electrons. The average Bonchev–Trinajstić information content (AvgIpc) is 2.27. The zero-order chi connectivity index (χ0) is 13.9. The highest BCUT2D eigenvalue weighted by Gasteiger charge is 2.26. The van der Waals surface area contributed by atoms with E-state index in [1.54, 1.807) is 6.92 Å². The molecule has 0 aliphatic carbocycles. The van der Waals surface area contributed by atoms with Crippen LogP contribution in [-0.2, 0) is 4.74 Å². The standard InChI is InChI=1S/C12H14ClNO4/c1-7(2)8(3)18-12(15)9-5-4-6-10(13)11(9)14(16)17/h4-8H,1-3H3. The number of nitro benzene ring substituents is 1. The van der Waals surface area contributed by atoms with E-state index in [0.29, 0.717) is 0 Å². The third-order valence-corrected chi connectivity index (χ3v) is 2.93. The van der Waals surface area contributed by atoms with Crippen LogP contribution >= 0.6 is 11.6 Å². The molecule has 0 amide bonds. The van der Waals surface area contributed by atoms with Crippen molar-refractivity contribution in [3.63, 3.8) is 0 Å². The van der Waals surface area contributed by atoms with Crippen molar-refractivity contribution in [2.24, 2.45) is 5.92 Å². The normalized spacial score (nSPS) is 12.3. The van der Waals surface area contributed by atoms with Gasteiger partial charge < -0.3 is 4.74 Å². The summed E-state index contributed by atoms with van der Waals surface area (Å²) in [5, 5.41) is 10.8. The van der Waals surface area contributed by atoms with Crippen LogP contribution in [0.3, 0.4) is 0 Å². The van der Waals surface area contributed by atoms with Gasteiger partial charge >= 0.3 is 11.7 Å². The number of carbonyl (C=O) groups excluding carboxylic acids is 1. The molecular formula is C12H14ClNO4. The van der Waals surface area contributed by atoms with Crippen molar-refractivity contribution in [1.82, 2.24) is 0 Å². The van der Waals surface area contributed by atoms with Crippen LogP contribution in [-0.4, -0.2) is 17.0 Å². The lowest BCUT2D eigenvalue weighted by Gasteiger charge is -2.16. The van der Waals surface area contributed by atoms with Crippen molar-refractivity contribution >= 4 is 23.3 Å². The van der Waals surface area contributed by atoms with Crippen molar-refractivity contribution in [1.29, 1.82) is 0 Å². The summed E-state index contributed by atoms with van der Waals surface area (Å²) in [5.41, 5.74) is -0.542. The van der Waals surface area contributed by atoms with E-state index in [2.05, 4.69) is 0 Å². The molecule has 0 aliphatic rings. The van der Waals surface area contributed by atoms with Gasteiger partial charge in [-0.3, -0.25) is 10.1 Å². The van der Waals surface area contributed by atoms with Crippen LogP contribution < -0.4 is 0 Å². The van der Waals surface area contributed by atoms with Crippen LogP contribution in [0, 0.1) is 16.0 Å². The van der Waals surface area contributed by atoms with Crippen molar-refractivity contribution in [2.45, 2.75) is 26.9 Å². The number of para-hydroxylation sites is 1. The van der Waals surface area contributed by atoms with Gasteiger partial charge in [0.25, 0.3) is 0 Å². The van der Waals surface area contributed by atoms with Crippen LogP contribution in [0.5, 0.6) is 0 Å². The number of halogens is 1. The maximum atomic E-state index is 11.9. The Morgan fingerprint density at radius 3 is 2.50 bits per heavy atom. The Hall–Kier alpha value is -1.62. The van der Waals surface area contributed by atoms with Gasteiger partial charge in [0.15, 0.2) is 0 Å². The fourth-order valence-electron chi connectivity index (χ4n) is 1.23. The molecule has 0 aliphatic heterocycles. The molecule has 0 saturated heterocycles. The molecule has 5 nitrogen and oxygen atoms in total. The number of ether oxygens (including phenoxy) is 1. The molecule has 0 N–H and O–H groups in total. The Balaban J connectivity index is 3.06. The van der Waals surface area contributed by atoms with E-state index in [1.807, 2.05) is 13.8 Å². The molecule has 18 heavy (non-hydrogen) atoms. The van der Waals surface area contributed by atoms with Gasteiger partial charge in [-0.1, -0.05) is 31.5 Å². The quantitative estimate of drug-likeness (QED) is 0.478. The maximum absolute atomic E-state index is 11.9.